The molecule has 7 nitrogen and oxygen atoms in total. The number of anilines is 1. The summed E-state index contributed by atoms with van der Waals surface area (Å²) < 4.78 is 13.6. The number of hydrogen-bond acceptors (Lipinski definition) is 6. The van der Waals surface area contributed by atoms with E-state index in [1.807, 2.05) is 41.4 Å². The van der Waals surface area contributed by atoms with Gasteiger partial charge in [0, 0.05) is 24.5 Å². The maximum Gasteiger partial charge on any atom is 0.161 e. The van der Waals surface area contributed by atoms with Gasteiger partial charge in [0.1, 0.15) is 5.82 Å². The summed E-state index contributed by atoms with van der Waals surface area (Å²) >= 11 is 0. The molecule has 4 rings (SSSR count). The van der Waals surface area contributed by atoms with E-state index in [9.17, 15) is 0 Å². The smallest absolute Gasteiger partial charge is 0.161 e. The number of aryl methyl sites for hydroxylation is 1. The van der Waals surface area contributed by atoms with Crippen molar-refractivity contribution in [2.45, 2.75) is 38.8 Å². The molecule has 0 spiro atoms. The number of rotatable bonds is 12. The molecule has 1 N–H and O–H groups in total. The summed E-state index contributed by atoms with van der Waals surface area (Å²) in [5.41, 5.74) is 2.94. The summed E-state index contributed by atoms with van der Waals surface area (Å²) in [6, 6.07) is 16.5. The Balaban J connectivity index is 1.44. The van der Waals surface area contributed by atoms with Gasteiger partial charge in [-0.1, -0.05) is 43.7 Å². The Kier molecular flexibility index (Phi) is 8.11. The molecular formula is C27H31N5O2. The monoisotopic (exact) mass is 457 g/mol. The van der Waals surface area contributed by atoms with Gasteiger partial charge in [0.25, 0.3) is 0 Å². The van der Waals surface area contributed by atoms with Gasteiger partial charge in [0.05, 0.1) is 44.2 Å². The quantitative estimate of drug-likeness (QED) is 0.272. The summed E-state index contributed by atoms with van der Waals surface area (Å²) in [7, 11) is 1.65. The molecule has 0 radical (unpaired) electrons. The first-order chi connectivity index (χ1) is 16.8. The molecule has 7 heteroatoms. The number of methoxy groups -OCH3 is 1. The van der Waals surface area contributed by atoms with Crippen molar-refractivity contribution < 1.29 is 9.47 Å². The first-order valence-electron chi connectivity index (χ1n) is 11.7. The Labute approximate surface area is 200 Å². The van der Waals surface area contributed by atoms with Crippen molar-refractivity contribution >= 4 is 5.82 Å². The lowest BCUT2D eigenvalue weighted by Gasteiger charge is -2.19. The molecule has 2 heterocycles. The van der Waals surface area contributed by atoms with Crippen molar-refractivity contribution in [3.8, 4) is 22.8 Å². The fourth-order valence-corrected chi connectivity index (χ4v) is 3.84. The van der Waals surface area contributed by atoms with Crippen LogP contribution < -0.4 is 14.8 Å². The van der Waals surface area contributed by atoms with E-state index in [1.54, 1.807) is 25.7 Å². The molecule has 0 amide bonds. The van der Waals surface area contributed by atoms with E-state index in [4.69, 9.17) is 14.5 Å². The van der Waals surface area contributed by atoms with E-state index >= 15 is 0 Å². The summed E-state index contributed by atoms with van der Waals surface area (Å²) in [6.45, 7) is 3.64. The molecule has 0 aliphatic heterocycles. The van der Waals surface area contributed by atoms with E-state index in [0.717, 1.165) is 42.9 Å². The van der Waals surface area contributed by atoms with E-state index in [-0.39, 0.29) is 6.04 Å². The Bertz CT molecular complexity index is 1150. The second kappa shape index (κ2) is 11.8. The maximum absolute atomic E-state index is 5.96. The average Bonchev–Trinajstić information content (AvgIpc) is 3.41. The molecule has 4 aromatic rings. The first-order valence-corrected chi connectivity index (χ1v) is 11.7. The minimum atomic E-state index is 0.184. The number of aromatic nitrogens is 4. The summed E-state index contributed by atoms with van der Waals surface area (Å²) in [5, 5.41) is 3.56. The Morgan fingerprint density at radius 2 is 1.91 bits per heavy atom. The third-order valence-electron chi connectivity index (χ3n) is 5.57. The van der Waals surface area contributed by atoms with Crippen LogP contribution in [0.25, 0.3) is 11.3 Å². The van der Waals surface area contributed by atoms with Gasteiger partial charge < -0.3 is 19.4 Å². The number of ether oxygens (including phenoxy) is 2. The average molecular weight is 458 g/mol. The number of hydrogen-bond donors (Lipinski definition) is 1. The zero-order valence-corrected chi connectivity index (χ0v) is 19.7. The molecule has 0 saturated carbocycles. The fraction of sp³-hybridized carbons (Fsp3) is 0.296. The largest absolute Gasteiger partial charge is 0.493 e. The van der Waals surface area contributed by atoms with Crippen LogP contribution in [0.15, 0.2) is 79.6 Å². The molecule has 176 valence electrons. The topological polar surface area (TPSA) is 74.1 Å². The maximum atomic E-state index is 5.96. The molecule has 0 aliphatic carbocycles. The van der Waals surface area contributed by atoms with Gasteiger partial charge in [-0.2, -0.15) is 0 Å². The lowest BCUT2D eigenvalue weighted by atomic mass is 10.0. The number of nitrogens with zero attached hydrogens (tertiary/aromatic N) is 4. The van der Waals surface area contributed by atoms with Crippen molar-refractivity contribution in [1.29, 1.82) is 0 Å². The summed E-state index contributed by atoms with van der Waals surface area (Å²) in [4.78, 5) is 13.3. The number of imidazole rings is 1. The van der Waals surface area contributed by atoms with E-state index in [2.05, 4.69) is 46.5 Å². The van der Waals surface area contributed by atoms with Gasteiger partial charge in [-0.3, -0.25) is 4.98 Å². The van der Waals surface area contributed by atoms with Crippen LogP contribution in [0.3, 0.4) is 0 Å². The molecule has 1 atom stereocenters. The molecule has 0 saturated heterocycles. The zero-order chi connectivity index (χ0) is 23.6. The van der Waals surface area contributed by atoms with Crippen LogP contribution in [0, 0.1) is 0 Å². The van der Waals surface area contributed by atoms with Crippen molar-refractivity contribution in [3.05, 3.63) is 85.2 Å². The highest BCUT2D eigenvalue weighted by Crippen LogP contribution is 2.32. The molecule has 0 bridgehead atoms. The lowest BCUT2D eigenvalue weighted by molar-refractivity contribution is 0.282. The van der Waals surface area contributed by atoms with Crippen LogP contribution in [-0.2, 0) is 6.54 Å². The van der Waals surface area contributed by atoms with Gasteiger partial charge in [0.2, 0.25) is 0 Å². The minimum Gasteiger partial charge on any atom is -0.493 e. The normalized spacial score (nSPS) is 11.7. The van der Waals surface area contributed by atoms with Crippen LogP contribution in [0.5, 0.6) is 11.5 Å². The highest BCUT2D eigenvalue weighted by Gasteiger charge is 2.13. The zero-order valence-electron chi connectivity index (χ0n) is 19.7. The predicted molar refractivity (Wildman–Crippen MR) is 134 cm³/mol. The van der Waals surface area contributed by atoms with E-state index in [1.165, 1.54) is 5.56 Å². The molecule has 1 unspecified atom stereocenters. The second-order valence-electron chi connectivity index (χ2n) is 8.05. The van der Waals surface area contributed by atoms with Crippen LogP contribution in [-0.4, -0.2) is 33.2 Å². The predicted octanol–water partition coefficient (Wildman–Crippen LogP) is 5.77. The molecule has 0 fully saturated rings. The second-order valence-corrected chi connectivity index (χ2v) is 8.05. The molecule has 34 heavy (non-hydrogen) atoms. The van der Waals surface area contributed by atoms with Crippen molar-refractivity contribution in [1.82, 2.24) is 19.5 Å². The van der Waals surface area contributed by atoms with Crippen molar-refractivity contribution in [3.63, 3.8) is 0 Å². The standard InChI is InChI=1S/C27H31N5O2/c1-3-8-23(21-9-5-4-6-10-21)30-27-19-29-18-24(31-27)22-11-12-25(26(17-22)33-2)34-16-7-14-32-15-13-28-20-32/h4-6,9-13,15,17-20,23H,3,7-8,14,16H2,1-2H3,(H,30,31). The summed E-state index contributed by atoms with van der Waals surface area (Å²) in [5.74, 6) is 2.14. The Morgan fingerprint density at radius 3 is 2.68 bits per heavy atom. The minimum absolute atomic E-state index is 0.184. The van der Waals surface area contributed by atoms with E-state index < -0.39 is 0 Å². The van der Waals surface area contributed by atoms with Crippen molar-refractivity contribution in [2.24, 2.45) is 0 Å². The lowest BCUT2D eigenvalue weighted by Crippen LogP contribution is -2.12. The molecular weight excluding hydrogens is 426 g/mol. The highest BCUT2D eigenvalue weighted by atomic mass is 16.5. The van der Waals surface area contributed by atoms with Crippen LogP contribution >= 0.6 is 0 Å². The van der Waals surface area contributed by atoms with Gasteiger partial charge >= 0.3 is 0 Å². The fourth-order valence-electron chi connectivity index (χ4n) is 3.84. The van der Waals surface area contributed by atoms with Gasteiger partial charge in [-0.25, -0.2) is 9.97 Å². The Hall–Kier alpha value is -3.87. The van der Waals surface area contributed by atoms with Crippen LogP contribution in [0.1, 0.15) is 37.8 Å². The first kappa shape index (κ1) is 23.3. The van der Waals surface area contributed by atoms with E-state index in [0.29, 0.717) is 18.1 Å². The van der Waals surface area contributed by atoms with Gasteiger partial charge in [-0.05, 0) is 36.6 Å². The van der Waals surface area contributed by atoms with Crippen LogP contribution in [0.4, 0.5) is 5.82 Å². The number of nitrogens with one attached hydrogen (secondary N) is 1. The van der Waals surface area contributed by atoms with Gasteiger partial charge in [-0.15, -0.1) is 0 Å². The molecule has 2 aromatic carbocycles. The third kappa shape index (κ3) is 6.13. The highest BCUT2D eigenvalue weighted by molar-refractivity contribution is 5.64. The molecule has 2 aromatic heterocycles. The molecule has 0 aliphatic rings. The summed E-state index contributed by atoms with van der Waals surface area (Å²) in [6.07, 6.45) is 12.0. The number of benzene rings is 2. The van der Waals surface area contributed by atoms with Crippen LogP contribution in [0.2, 0.25) is 0 Å². The SMILES string of the molecule is CCCC(Nc1cncc(-c2ccc(OCCCn3ccnc3)c(OC)c2)n1)c1ccccc1. The Morgan fingerprint density at radius 1 is 1.03 bits per heavy atom. The van der Waals surface area contributed by atoms with Crippen molar-refractivity contribution in [2.75, 3.05) is 19.0 Å². The van der Waals surface area contributed by atoms with Gasteiger partial charge in [0.15, 0.2) is 11.5 Å². The third-order valence-corrected chi connectivity index (χ3v) is 5.57.